The van der Waals surface area contributed by atoms with Crippen LogP contribution in [0.4, 0.5) is 10.8 Å². The van der Waals surface area contributed by atoms with Gasteiger partial charge in [-0.2, -0.15) is 0 Å². The van der Waals surface area contributed by atoms with Gasteiger partial charge in [-0.3, -0.25) is 9.52 Å². The molecule has 1 heterocycles. The van der Waals surface area contributed by atoms with Gasteiger partial charge in [0, 0.05) is 18.4 Å². The van der Waals surface area contributed by atoms with Crippen molar-refractivity contribution in [2.24, 2.45) is 5.92 Å². The lowest BCUT2D eigenvalue weighted by molar-refractivity contribution is -0.114. The Kier molecular flexibility index (Phi) is 6.19. The lowest BCUT2D eigenvalue weighted by atomic mass is 10.3. The van der Waals surface area contributed by atoms with Crippen molar-refractivity contribution in [3.8, 4) is 0 Å². The zero-order valence-corrected chi connectivity index (χ0v) is 15.9. The summed E-state index contributed by atoms with van der Waals surface area (Å²) in [5, 5.41) is 10.6. The van der Waals surface area contributed by atoms with Gasteiger partial charge in [-0.05, 0) is 30.2 Å². The van der Waals surface area contributed by atoms with E-state index in [0.29, 0.717) is 11.6 Å². The summed E-state index contributed by atoms with van der Waals surface area (Å²) in [4.78, 5) is 11.1. The summed E-state index contributed by atoms with van der Waals surface area (Å²) in [6.45, 7) is 5.58. The third-order valence-corrected chi connectivity index (χ3v) is 6.54. The summed E-state index contributed by atoms with van der Waals surface area (Å²) >= 11 is 2.75. The average Bonchev–Trinajstić information content (AvgIpc) is 2.92. The molecule has 0 saturated carbocycles. The first-order valence-electron chi connectivity index (χ1n) is 7.13. The van der Waals surface area contributed by atoms with Gasteiger partial charge in [-0.25, -0.2) is 8.42 Å². The topological polar surface area (TPSA) is 101 Å². The second-order valence-electron chi connectivity index (χ2n) is 5.39. The van der Waals surface area contributed by atoms with Gasteiger partial charge in [0.25, 0.3) is 10.0 Å². The Morgan fingerprint density at radius 3 is 2.50 bits per heavy atom. The first-order chi connectivity index (χ1) is 11.3. The van der Waals surface area contributed by atoms with E-state index in [1.54, 1.807) is 11.8 Å². The molecular weight excluding hydrogens is 368 g/mol. The van der Waals surface area contributed by atoms with Gasteiger partial charge < -0.3 is 5.32 Å². The van der Waals surface area contributed by atoms with Crippen molar-refractivity contribution >= 4 is 49.8 Å². The molecule has 7 nitrogen and oxygen atoms in total. The molecule has 0 fully saturated rings. The van der Waals surface area contributed by atoms with Gasteiger partial charge in [0.2, 0.25) is 11.0 Å². The number of carbonyl (C=O) groups excluding carboxylic acids is 1. The Bertz CT molecular complexity index is 801. The minimum Gasteiger partial charge on any atom is -0.326 e. The molecule has 24 heavy (non-hydrogen) atoms. The Hall–Kier alpha value is -1.65. The summed E-state index contributed by atoms with van der Waals surface area (Å²) in [6, 6.07) is 5.89. The van der Waals surface area contributed by atoms with E-state index in [1.165, 1.54) is 42.5 Å². The van der Waals surface area contributed by atoms with E-state index in [9.17, 15) is 13.2 Å². The first-order valence-corrected chi connectivity index (χ1v) is 10.4. The predicted octanol–water partition coefficient (Wildman–Crippen LogP) is 3.05. The monoisotopic (exact) mass is 386 g/mol. The van der Waals surface area contributed by atoms with Crippen LogP contribution in [0.5, 0.6) is 0 Å². The number of aromatic nitrogens is 2. The Morgan fingerprint density at radius 1 is 1.25 bits per heavy atom. The number of rotatable bonds is 7. The molecule has 0 bridgehead atoms. The highest BCUT2D eigenvalue weighted by Gasteiger charge is 2.17. The van der Waals surface area contributed by atoms with Crippen molar-refractivity contribution in [1.29, 1.82) is 0 Å². The van der Waals surface area contributed by atoms with Gasteiger partial charge in [0.05, 0.1) is 4.90 Å². The SMILES string of the molecule is CC(=O)Nc1ccc(S(=O)(=O)Nc2nnc(SCC(C)C)s2)cc1. The molecule has 0 aliphatic rings. The lowest BCUT2D eigenvalue weighted by Gasteiger charge is -2.06. The van der Waals surface area contributed by atoms with Crippen molar-refractivity contribution in [1.82, 2.24) is 10.2 Å². The highest BCUT2D eigenvalue weighted by molar-refractivity contribution is 8.01. The number of sulfonamides is 1. The number of amides is 1. The average molecular weight is 387 g/mol. The van der Waals surface area contributed by atoms with Crippen LogP contribution in [-0.4, -0.2) is 30.3 Å². The van der Waals surface area contributed by atoms with E-state index in [1.807, 2.05) is 0 Å². The van der Waals surface area contributed by atoms with Crippen LogP contribution < -0.4 is 10.0 Å². The fraction of sp³-hybridized carbons (Fsp3) is 0.357. The Labute approximate surface area is 149 Å². The fourth-order valence-electron chi connectivity index (χ4n) is 1.64. The summed E-state index contributed by atoms with van der Waals surface area (Å²) in [5.74, 6) is 1.19. The number of anilines is 2. The molecule has 0 saturated heterocycles. The first kappa shape index (κ1) is 18.7. The molecule has 0 atom stereocenters. The van der Waals surface area contributed by atoms with Crippen molar-refractivity contribution in [3.63, 3.8) is 0 Å². The molecule has 1 aromatic carbocycles. The van der Waals surface area contributed by atoms with Gasteiger partial charge in [0.15, 0.2) is 4.34 Å². The molecule has 2 rings (SSSR count). The molecule has 0 radical (unpaired) electrons. The summed E-state index contributed by atoms with van der Waals surface area (Å²) < 4.78 is 27.8. The Balaban J connectivity index is 2.06. The van der Waals surface area contributed by atoms with Gasteiger partial charge in [-0.1, -0.05) is 36.9 Å². The van der Waals surface area contributed by atoms with Crippen LogP contribution in [0.25, 0.3) is 0 Å². The zero-order chi connectivity index (χ0) is 17.7. The predicted molar refractivity (Wildman–Crippen MR) is 97.0 cm³/mol. The van der Waals surface area contributed by atoms with Crippen LogP contribution in [0.15, 0.2) is 33.5 Å². The van der Waals surface area contributed by atoms with E-state index in [-0.39, 0.29) is 15.9 Å². The summed E-state index contributed by atoms with van der Waals surface area (Å²) in [5.41, 5.74) is 0.532. The van der Waals surface area contributed by atoms with E-state index >= 15 is 0 Å². The number of nitrogens with zero attached hydrogens (tertiary/aromatic N) is 2. The van der Waals surface area contributed by atoms with Crippen molar-refractivity contribution < 1.29 is 13.2 Å². The van der Waals surface area contributed by atoms with Gasteiger partial charge >= 0.3 is 0 Å². The van der Waals surface area contributed by atoms with Crippen LogP contribution in [0.2, 0.25) is 0 Å². The lowest BCUT2D eigenvalue weighted by Crippen LogP contribution is -2.13. The quantitative estimate of drug-likeness (QED) is 0.709. The standard InChI is InChI=1S/C14H18N4O3S3/c1-9(2)8-22-14-17-16-13(23-14)18-24(20,21)12-6-4-11(5-7-12)15-10(3)19/h4-7,9H,8H2,1-3H3,(H,15,19)(H,16,18). The number of nitrogens with one attached hydrogen (secondary N) is 2. The Morgan fingerprint density at radius 2 is 1.92 bits per heavy atom. The molecule has 2 N–H and O–H groups in total. The second kappa shape index (κ2) is 7.95. The molecule has 0 aliphatic heterocycles. The maximum absolute atomic E-state index is 12.3. The molecule has 0 spiro atoms. The third kappa shape index (κ3) is 5.46. The molecule has 2 aromatic rings. The smallest absolute Gasteiger partial charge is 0.263 e. The van der Waals surface area contributed by atoms with Gasteiger partial charge in [0.1, 0.15) is 0 Å². The number of hydrogen-bond acceptors (Lipinski definition) is 7. The van der Waals surface area contributed by atoms with Crippen molar-refractivity contribution in [3.05, 3.63) is 24.3 Å². The van der Waals surface area contributed by atoms with Crippen LogP contribution in [0, 0.1) is 5.92 Å². The molecule has 0 unspecified atom stereocenters. The maximum Gasteiger partial charge on any atom is 0.263 e. The zero-order valence-electron chi connectivity index (χ0n) is 13.4. The van der Waals surface area contributed by atoms with Gasteiger partial charge in [-0.15, -0.1) is 10.2 Å². The van der Waals surface area contributed by atoms with E-state index in [2.05, 4.69) is 34.1 Å². The van der Waals surface area contributed by atoms with Crippen LogP contribution in [0.1, 0.15) is 20.8 Å². The van der Waals surface area contributed by atoms with Crippen molar-refractivity contribution in [2.45, 2.75) is 30.0 Å². The molecule has 1 amide bonds. The third-order valence-electron chi connectivity index (χ3n) is 2.65. The molecule has 1 aromatic heterocycles. The van der Waals surface area contributed by atoms with E-state index in [0.717, 1.165) is 10.1 Å². The van der Waals surface area contributed by atoms with Crippen LogP contribution in [-0.2, 0) is 14.8 Å². The minimum absolute atomic E-state index is 0.0863. The highest BCUT2D eigenvalue weighted by atomic mass is 32.2. The largest absolute Gasteiger partial charge is 0.326 e. The summed E-state index contributed by atoms with van der Waals surface area (Å²) in [7, 11) is -3.74. The molecule has 10 heteroatoms. The maximum atomic E-state index is 12.3. The highest BCUT2D eigenvalue weighted by Crippen LogP contribution is 2.28. The number of thioether (sulfide) groups is 1. The molecule has 0 aliphatic carbocycles. The number of benzene rings is 1. The van der Waals surface area contributed by atoms with Crippen LogP contribution >= 0.6 is 23.1 Å². The summed E-state index contributed by atoms with van der Waals surface area (Å²) in [6.07, 6.45) is 0. The molecule has 130 valence electrons. The fourth-order valence-corrected chi connectivity index (χ4v) is 4.60. The minimum atomic E-state index is -3.74. The van der Waals surface area contributed by atoms with Crippen LogP contribution in [0.3, 0.4) is 0 Å². The van der Waals surface area contributed by atoms with E-state index < -0.39 is 10.0 Å². The van der Waals surface area contributed by atoms with Crippen molar-refractivity contribution in [2.75, 3.05) is 15.8 Å². The number of hydrogen-bond donors (Lipinski definition) is 2. The normalized spacial score (nSPS) is 11.5. The molecular formula is C14H18N4O3S3. The number of carbonyl (C=O) groups is 1. The second-order valence-corrected chi connectivity index (χ2v) is 9.32. The van der Waals surface area contributed by atoms with E-state index in [4.69, 9.17) is 0 Å².